The topological polar surface area (TPSA) is 26.8 Å². The molecule has 0 radical (unpaired) electrons. The predicted octanol–water partition coefficient (Wildman–Crippen LogP) is 4.06. The molecule has 154 valence electrons. The normalized spacial score (nSPS) is 24.0. The number of carbonyl (C=O) groups is 1. The van der Waals surface area contributed by atoms with E-state index in [1.54, 1.807) is 37.2 Å². The second kappa shape index (κ2) is 7.75. The van der Waals surface area contributed by atoms with Gasteiger partial charge >= 0.3 is 6.03 Å². The highest BCUT2D eigenvalue weighted by molar-refractivity contribution is 5.75. The third kappa shape index (κ3) is 3.86. The molecule has 2 aromatic carbocycles. The zero-order valence-electron chi connectivity index (χ0n) is 17.1. The number of fused-ring (bicyclic) bond motifs is 1. The Morgan fingerprint density at radius 1 is 1.07 bits per heavy atom. The van der Waals surface area contributed by atoms with Crippen LogP contribution in [0.15, 0.2) is 42.5 Å². The molecule has 6 heteroatoms. The van der Waals surface area contributed by atoms with Gasteiger partial charge in [0.05, 0.1) is 6.04 Å². The summed E-state index contributed by atoms with van der Waals surface area (Å²) in [6, 6.07) is 11.4. The maximum absolute atomic E-state index is 13.9. The van der Waals surface area contributed by atoms with Gasteiger partial charge in [-0.25, -0.2) is 13.6 Å². The second-order valence-corrected chi connectivity index (χ2v) is 8.52. The van der Waals surface area contributed by atoms with E-state index < -0.39 is 0 Å². The number of hydrogen-bond acceptors (Lipinski definition) is 2. The first-order valence-electron chi connectivity index (χ1n) is 10.0. The van der Waals surface area contributed by atoms with Crippen molar-refractivity contribution in [3.05, 3.63) is 70.8 Å². The van der Waals surface area contributed by atoms with E-state index >= 15 is 0 Å². The highest BCUT2D eigenvalue weighted by Crippen LogP contribution is 2.45. The lowest BCUT2D eigenvalue weighted by Crippen LogP contribution is -2.41. The SMILES string of the molecule is Cc1cc(F)ccc1CN1C[C@@H]2CN(C(=O)N(C)C)[C@H](c3cccc(F)c3)[C@@H]2C1. The minimum Gasteiger partial charge on any atom is -0.331 e. The van der Waals surface area contributed by atoms with Crippen LogP contribution in [0.5, 0.6) is 0 Å². The number of likely N-dealkylation sites (tertiary alicyclic amines) is 2. The van der Waals surface area contributed by atoms with Gasteiger partial charge in [0.1, 0.15) is 11.6 Å². The highest BCUT2D eigenvalue weighted by atomic mass is 19.1. The molecular formula is C23H27F2N3O. The lowest BCUT2D eigenvalue weighted by molar-refractivity contribution is 0.151. The van der Waals surface area contributed by atoms with Gasteiger partial charge < -0.3 is 9.80 Å². The van der Waals surface area contributed by atoms with Crippen molar-refractivity contribution in [2.24, 2.45) is 11.8 Å². The number of halogens is 2. The smallest absolute Gasteiger partial charge is 0.320 e. The van der Waals surface area contributed by atoms with Gasteiger partial charge in [-0.1, -0.05) is 18.2 Å². The van der Waals surface area contributed by atoms with E-state index in [9.17, 15) is 13.6 Å². The van der Waals surface area contributed by atoms with Crippen LogP contribution in [0.4, 0.5) is 13.6 Å². The van der Waals surface area contributed by atoms with E-state index in [-0.39, 0.29) is 29.6 Å². The van der Waals surface area contributed by atoms with Crippen molar-refractivity contribution in [3.8, 4) is 0 Å². The molecule has 2 aliphatic heterocycles. The Morgan fingerprint density at radius 2 is 1.83 bits per heavy atom. The number of urea groups is 1. The summed E-state index contributed by atoms with van der Waals surface area (Å²) < 4.78 is 27.4. The van der Waals surface area contributed by atoms with E-state index in [0.717, 1.165) is 36.3 Å². The summed E-state index contributed by atoms with van der Waals surface area (Å²) in [6.07, 6.45) is 0. The second-order valence-electron chi connectivity index (χ2n) is 8.52. The molecule has 0 N–H and O–H groups in total. The fraction of sp³-hybridized carbons (Fsp3) is 0.435. The fourth-order valence-electron chi connectivity index (χ4n) is 4.92. The molecule has 2 heterocycles. The molecule has 2 fully saturated rings. The molecule has 4 nitrogen and oxygen atoms in total. The number of aryl methyl sites for hydroxylation is 1. The van der Waals surface area contributed by atoms with Crippen molar-refractivity contribution in [2.45, 2.75) is 19.5 Å². The Labute approximate surface area is 170 Å². The van der Waals surface area contributed by atoms with Crippen LogP contribution >= 0.6 is 0 Å². The van der Waals surface area contributed by atoms with E-state index in [4.69, 9.17) is 0 Å². The number of nitrogens with zero attached hydrogens (tertiary/aromatic N) is 3. The van der Waals surface area contributed by atoms with Crippen LogP contribution < -0.4 is 0 Å². The predicted molar refractivity (Wildman–Crippen MR) is 108 cm³/mol. The third-order valence-electron chi connectivity index (χ3n) is 6.26. The molecule has 0 aliphatic carbocycles. The maximum atomic E-state index is 13.9. The monoisotopic (exact) mass is 399 g/mol. The van der Waals surface area contributed by atoms with Gasteiger partial charge in [-0.2, -0.15) is 0 Å². The highest BCUT2D eigenvalue weighted by Gasteiger charge is 2.49. The van der Waals surface area contributed by atoms with Gasteiger partial charge in [0.2, 0.25) is 0 Å². The molecule has 0 saturated carbocycles. The van der Waals surface area contributed by atoms with E-state index in [1.165, 1.54) is 12.1 Å². The molecule has 0 aromatic heterocycles. The minimum atomic E-state index is -0.278. The number of rotatable bonds is 3. The minimum absolute atomic E-state index is 0.0328. The summed E-state index contributed by atoms with van der Waals surface area (Å²) in [4.78, 5) is 18.7. The van der Waals surface area contributed by atoms with Crippen LogP contribution in [0, 0.1) is 30.4 Å². The quantitative estimate of drug-likeness (QED) is 0.778. The van der Waals surface area contributed by atoms with Crippen LogP contribution in [0.2, 0.25) is 0 Å². The summed E-state index contributed by atoms with van der Waals surface area (Å²) in [7, 11) is 3.51. The molecule has 0 spiro atoms. The Bertz CT molecular complexity index is 917. The molecule has 2 aliphatic rings. The molecule has 0 unspecified atom stereocenters. The van der Waals surface area contributed by atoms with Crippen molar-refractivity contribution in [1.29, 1.82) is 0 Å². The number of amides is 2. The Balaban J connectivity index is 1.57. The lowest BCUT2D eigenvalue weighted by atomic mass is 9.89. The average molecular weight is 399 g/mol. The average Bonchev–Trinajstić information content (AvgIpc) is 3.20. The molecule has 2 aromatic rings. The van der Waals surface area contributed by atoms with Gasteiger partial charge in [0.15, 0.2) is 0 Å². The summed E-state index contributed by atoms with van der Waals surface area (Å²) >= 11 is 0. The summed E-state index contributed by atoms with van der Waals surface area (Å²) in [5.41, 5.74) is 2.93. The zero-order valence-corrected chi connectivity index (χ0v) is 17.1. The molecule has 3 atom stereocenters. The molecule has 4 rings (SSSR count). The van der Waals surface area contributed by atoms with Gasteiger partial charge in [-0.05, 0) is 53.8 Å². The first-order valence-corrected chi connectivity index (χ1v) is 10.0. The van der Waals surface area contributed by atoms with Crippen molar-refractivity contribution in [1.82, 2.24) is 14.7 Å². The zero-order chi connectivity index (χ0) is 20.7. The molecule has 2 amide bonds. The number of hydrogen-bond donors (Lipinski definition) is 0. The Kier molecular flexibility index (Phi) is 5.30. The van der Waals surface area contributed by atoms with Gasteiger partial charge in [-0.15, -0.1) is 0 Å². The summed E-state index contributed by atoms with van der Waals surface area (Å²) in [6.45, 7) is 5.07. The standard InChI is InChI=1S/C23H27F2N3O/c1-15-9-20(25)8-7-17(15)11-27-12-18-13-28(23(29)26(2)3)22(21(18)14-27)16-5-4-6-19(24)10-16/h4-10,18,21-22H,11-14H2,1-3H3/t18-,21-,22-/m1/s1. The Hall–Kier alpha value is -2.47. The van der Waals surface area contributed by atoms with Crippen LogP contribution in [0.1, 0.15) is 22.7 Å². The third-order valence-corrected chi connectivity index (χ3v) is 6.26. The lowest BCUT2D eigenvalue weighted by Gasteiger charge is -2.32. The largest absolute Gasteiger partial charge is 0.331 e. The van der Waals surface area contributed by atoms with Gasteiger partial charge in [0, 0.05) is 46.2 Å². The Morgan fingerprint density at radius 3 is 2.52 bits per heavy atom. The van der Waals surface area contributed by atoms with Gasteiger partial charge in [-0.3, -0.25) is 4.90 Å². The van der Waals surface area contributed by atoms with Gasteiger partial charge in [0.25, 0.3) is 0 Å². The van der Waals surface area contributed by atoms with E-state index in [2.05, 4.69) is 4.90 Å². The van der Waals surface area contributed by atoms with Crippen LogP contribution in [-0.2, 0) is 6.54 Å². The first kappa shape index (κ1) is 19.8. The molecular weight excluding hydrogens is 372 g/mol. The number of carbonyl (C=O) groups excluding carboxylic acids is 1. The van der Waals surface area contributed by atoms with E-state index in [1.807, 2.05) is 24.0 Å². The van der Waals surface area contributed by atoms with Crippen molar-refractivity contribution in [3.63, 3.8) is 0 Å². The first-order chi connectivity index (χ1) is 13.8. The molecule has 2 saturated heterocycles. The molecule has 0 bridgehead atoms. The summed E-state index contributed by atoms with van der Waals surface area (Å²) in [5.74, 6) is 0.0999. The number of benzene rings is 2. The van der Waals surface area contributed by atoms with Crippen molar-refractivity contribution < 1.29 is 13.6 Å². The van der Waals surface area contributed by atoms with Crippen molar-refractivity contribution in [2.75, 3.05) is 33.7 Å². The maximum Gasteiger partial charge on any atom is 0.320 e. The van der Waals surface area contributed by atoms with E-state index in [0.29, 0.717) is 12.5 Å². The molecule has 29 heavy (non-hydrogen) atoms. The van der Waals surface area contributed by atoms with Crippen LogP contribution in [0.25, 0.3) is 0 Å². The van der Waals surface area contributed by atoms with Crippen LogP contribution in [-0.4, -0.2) is 54.5 Å². The van der Waals surface area contributed by atoms with Crippen LogP contribution in [0.3, 0.4) is 0 Å². The fourth-order valence-corrected chi connectivity index (χ4v) is 4.92. The summed E-state index contributed by atoms with van der Waals surface area (Å²) in [5, 5.41) is 0. The van der Waals surface area contributed by atoms with Crippen molar-refractivity contribution >= 4 is 6.03 Å².